The summed E-state index contributed by atoms with van der Waals surface area (Å²) in [6, 6.07) is 17.1. The number of amides is 2. The van der Waals surface area contributed by atoms with Crippen molar-refractivity contribution in [2.24, 2.45) is 0 Å². The van der Waals surface area contributed by atoms with E-state index in [9.17, 15) is 9.00 Å². The Balaban J connectivity index is 1.42. The fourth-order valence-corrected chi connectivity index (χ4v) is 4.01. The number of nitrogens with zero attached hydrogens (tertiary/aromatic N) is 1. The molecule has 0 aromatic heterocycles. The molecule has 2 aromatic rings. The lowest BCUT2D eigenvalue weighted by Gasteiger charge is -2.30. The van der Waals surface area contributed by atoms with Crippen LogP contribution in [0.15, 0.2) is 54.6 Å². The van der Waals surface area contributed by atoms with Crippen LogP contribution in [-0.2, 0) is 16.6 Å². The van der Waals surface area contributed by atoms with Crippen molar-refractivity contribution < 1.29 is 18.5 Å². The molecule has 2 unspecified atom stereocenters. The average Bonchev–Trinajstić information content (AvgIpc) is 2.72. The highest BCUT2D eigenvalue weighted by Gasteiger charge is 2.24. The number of para-hydroxylation sites is 2. The van der Waals surface area contributed by atoms with E-state index in [2.05, 4.69) is 5.32 Å². The van der Waals surface area contributed by atoms with Crippen LogP contribution in [0, 0.1) is 0 Å². The molecular formula is C21H26N2O4S. The van der Waals surface area contributed by atoms with E-state index < -0.39 is 10.8 Å². The Bertz CT molecular complexity index is 800. The molecule has 0 saturated heterocycles. The predicted octanol–water partition coefficient (Wildman–Crippen LogP) is 2.81. The molecule has 2 aromatic carbocycles. The molecule has 0 saturated carbocycles. The van der Waals surface area contributed by atoms with Gasteiger partial charge in [0.15, 0.2) is 17.6 Å². The number of ether oxygens (including phenoxy) is 2. The van der Waals surface area contributed by atoms with Crippen LogP contribution >= 0.6 is 0 Å². The Morgan fingerprint density at radius 2 is 1.86 bits per heavy atom. The van der Waals surface area contributed by atoms with Crippen molar-refractivity contribution in [3.63, 3.8) is 0 Å². The number of nitrogens with one attached hydrogen (secondary N) is 1. The van der Waals surface area contributed by atoms with E-state index in [1.165, 1.54) is 0 Å². The van der Waals surface area contributed by atoms with Crippen molar-refractivity contribution in [3.05, 3.63) is 60.2 Å². The van der Waals surface area contributed by atoms with Gasteiger partial charge in [0.2, 0.25) is 0 Å². The van der Waals surface area contributed by atoms with Crippen molar-refractivity contribution in [2.45, 2.75) is 18.8 Å². The number of hydrogen-bond donors (Lipinski definition) is 1. The summed E-state index contributed by atoms with van der Waals surface area (Å²) < 4.78 is 23.8. The third-order valence-corrected chi connectivity index (χ3v) is 5.75. The summed E-state index contributed by atoms with van der Waals surface area (Å²) in [5.74, 6) is 2.36. The first kappa shape index (κ1) is 20.2. The minimum atomic E-state index is -1.01. The van der Waals surface area contributed by atoms with Crippen molar-refractivity contribution in [3.8, 4) is 11.5 Å². The normalized spacial score (nSPS) is 16.2. The number of carbonyl (C=O) groups is 1. The third-order valence-electron chi connectivity index (χ3n) is 4.44. The lowest BCUT2D eigenvalue weighted by molar-refractivity contribution is 0.0676. The minimum Gasteiger partial charge on any atom is -0.486 e. The van der Waals surface area contributed by atoms with Crippen LogP contribution < -0.4 is 14.8 Å². The smallest absolute Gasteiger partial charge is 0.317 e. The zero-order valence-corrected chi connectivity index (χ0v) is 16.8. The number of carbonyl (C=O) groups excluding carboxylic acids is 1. The molecule has 1 aliphatic rings. The lowest BCUT2D eigenvalue weighted by atomic mass is 10.2. The molecule has 28 heavy (non-hydrogen) atoms. The number of rotatable bonds is 8. The molecule has 1 N–H and O–H groups in total. The quantitative estimate of drug-likeness (QED) is 0.737. The second kappa shape index (κ2) is 10.1. The summed E-state index contributed by atoms with van der Waals surface area (Å²) in [6.45, 7) is 3.69. The van der Waals surface area contributed by atoms with Gasteiger partial charge < -0.3 is 19.7 Å². The van der Waals surface area contributed by atoms with Gasteiger partial charge in [0.1, 0.15) is 6.61 Å². The van der Waals surface area contributed by atoms with Crippen LogP contribution in [0.1, 0.15) is 12.5 Å². The van der Waals surface area contributed by atoms with Gasteiger partial charge in [-0.3, -0.25) is 4.21 Å². The summed E-state index contributed by atoms with van der Waals surface area (Å²) in [5, 5.41) is 2.86. The van der Waals surface area contributed by atoms with Crippen molar-refractivity contribution >= 4 is 16.8 Å². The molecule has 2 amide bonds. The molecule has 2 atom stereocenters. The molecule has 7 heteroatoms. The van der Waals surface area contributed by atoms with Gasteiger partial charge in [-0.05, 0) is 24.6 Å². The molecule has 0 bridgehead atoms. The number of fused-ring (bicyclic) bond motifs is 1. The van der Waals surface area contributed by atoms with Crippen molar-refractivity contribution in [2.75, 3.05) is 32.0 Å². The van der Waals surface area contributed by atoms with Gasteiger partial charge in [0.05, 0.1) is 6.54 Å². The van der Waals surface area contributed by atoms with Crippen LogP contribution in [0.2, 0.25) is 0 Å². The summed E-state index contributed by atoms with van der Waals surface area (Å²) in [6.07, 6.45) is -0.215. The zero-order valence-electron chi connectivity index (χ0n) is 16.0. The van der Waals surface area contributed by atoms with Gasteiger partial charge >= 0.3 is 6.03 Å². The highest BCUT2D eigenvalue weighted by atomic mass is 32.2. The van der Waals surface area contributed by atoms with E-state index in [1.54, 1.807) is 4.90 Å². The van der Waals surface area contributed by atoms with Gasteiger partial charge in [0.25, 0.3) is 0 Å². The fourth-order valence-electron chi connectivity index (χ4n) is 2.97. The molecule has 6 nitrogen and oxygen atoms in total. The predicted molar refractivity (Wildman–Crippen MR) is 110 cm³/mol. The van der Waals surface area contributed by atoms with Crippen LogP contribution in [0.4, 0.5) is 4.79 Å². The summed E-state index contributed by atoms with van der Waals surface area (Å²) in [4.78, 5) is 14.1. The number of hydrogen-bond acceptors (Lipinski definition) is 4. The fraction of sp³-hybridized carbons (Fsp3) is 0.381. The third kappa shape index (κ3) is 5.73. The number of benzene rings is 2. The Hall–Kier alpha value is -2.54. The molecule has 1 aliphatic heterocycles. The van der Waals surface area contributed by atoms with E-state index in [1.807, 2.05) is 61.5 Å². The summed E-state index contributed by atoms with van der Waals surface area (Å²) >= 11 is 0. The largest absolute Gasteiger partial charge is 0.486 e. The van der Waals surface area contributed by atoms with Crippen LogP contribution in [0.5, 0.6) is 11.5 Å². The highest BCUT2D eigenvalue weighted by molar-refractivity contribution is 7.84. The Morgan fingerprint density at radius 3 is 2.61 bits per heavy atom. The molecule has 150 valence electrons. The molecule has 0 radical (unpaired) electrons. The zero-order chi connectivity index (χ0) is 19.8. The van der Waals surface area contributed by atoms with Gasteiger partial charge in [-0.1, -0.05) is 42.5 Å². The Labute approximate surface area is 168 Å². The van der Waals surface area contributed by atoms with Crippen LogP contribution in [0.3, 0.4) is 0 Å². The first-order valence-electron chi connectivity index (χ1n) is 9.46. The Morgan fingerprint density at radius 1 is 1.14 bits per heavy atom. The van der Waals surface area contributed by atoms with Gasteiger partial charge in [-0.25, -0.2) is 4.79 Å². The van der Waals surface area contributed by atoms with E-state index in [4.69, 9.17) is 9.47 Å². The molecule has 0 fully saturated rings. The first-order valence-corrected chi connectivity index (χ1v) is 10.9. The summed E-state index contributed by atoms with van der Waals surface area (Å²) in [5.41, 5.74) is 1.04. The van der Waals surface area contributed by atoms with Crippen LogP contribution in [-0.4, -0.2) is 53.2 Å². The maximum Gasteiger partial charge on any atom is 0.317 e. The molecule has 3 rings (SSSR count). The Kier molecular flexibility index (Phi) is 7.31. The monoisotopic (exact) mass is 402 g/mol. The van der Waals surface area contributed by atoms with E-state index in [0.717, 1.165) is 11.3 Å². The molecule has 0 aliphatic carbocycles. The molecule has 1 heterocycles. The SMILES string of the molecule is CCN(CC1COc2ccccc2O1)C(=O)NCCS(=O)Cc1ccccc1. The van der Waals surface area contributed by atoms with E-state index >= 15 is 0 Å². The standard InChI is InChI=1S/C21H26N2O4S/c1-2-23(14-18-15-26-19-10-6-7-11-20(19)27-18)21(24)22-12-13-28(25)16-17-8-4-3-5-9-17/h3-11,18H,2,12-16H2,1H3,(H,22,24). The topological polar surface area (TPSA) is 67.9 Å². The molecular weight excluding hydrogens is 376 g/mol. The summed E-state index contributed by atoms with van der Waals surface area (Å²) in [7, 11) is -1.01. The van der Waals surface area contributed by atoms with Crippen LogP contribution in [0.25, 0.3) is 0 Å². The second-order valence-corrected chi connectivity index (χ2v) is 8.12. The number of urea groups is 1. The highest BCUT2D eigenvalue weighted by Crippen LogP contribution is 2.30. The van der Waals surface area contributed by atoms with Gasteiger partial charge in [-0.2, -0.15) is 0 Å². The maximum absolute atomic E-state index is 12.5. The lowest BCUT2D eigenvalue weighted by Crippen LogP contribution is -2.48. The number of likely N-dealkylation sites (N-methyl/N-ethyl adjacent to an activating group) is 1. The maximum atomic E-state index is 12.5. The average molecular weight is 403 g/mol. The molecule has 0 spiro atoms. The first-order chi connectivity index (χ1) is 13.7. The van der Waals surface area contributed by atoms with Crippen molar-refractivity contribution in [1.82, 2.24) is 10.2 Å². The minimum absolute atomic E-state index is 0.179. The van der Waals surface area contributed by atoms with Gasteiger partial charge in [-0.15, -0.1) is 0 Å². The van der Waals surface area contributed by atoms with Crippen molar-refractivity contribution in [1.29, 1.82) is 0 Å². The van der Waals surface area contributed by atoms with E-state index in [0.29, 0.717) is 43.5 Å². The van der Waals surface area contributed by atoms with E-state index in [-0.39, 0.29) is 12.1 Å². The van der Waals surface area contributed by atoms with Gasteiger partial charge in [0, 0.05) is 35.4 Å². The second-order valence-electron chi connectivity index (χ2n) is 6.54.